The summed E-state index contributed by atoms with van der Waals surface area (Å²) in [5, 5.41) is 6.81. The summed E-state index contributed by atoms with van der Waals surface area (Å²) in [5.41, 5.74) is 3.54. The van der Waals surface area contributed by atoms with Crippen molar-refractivity contribution in [1.29, 1.82) is 0 Å². The van der Waals surface area contributed by atoms with E-state index in [1.54, 1.807) is 7.11 Å². The first-order chi connectivity index (χ1) is 11.5. The molecule has 1 aromatic heterocycles. The Kier molecular flexibility index (Phi) is 6.85. The Morgan fingerprint density at radius 3 is 2.71 bits per heavy atom. The largest absolute Gasteiger partial charge is 0.383 e. The Morgan fingerprint density at radius 2 is 2.00 bits per heavy atom. The molecule has 1 heterocycles. The van der Waals surface area contributed by atoms with Crippen LogP contribution in [0.2, 0.25) is 5.02 Å². The first kappa shape index (κ1) is 18.5. The van der Waals surface area contributed by atoms with Crippen LogP contribution in [0.15, 0.2) is 30.3 Å². The lowest BCUT2D eigenvalue weighted by atomic mass is 10.2. The topological polar surface area (TPSA) is 55.3 Å². The van der Waals surface area contributed by atoms with Crippen LogP contribution in [0.4, 0.5) is 0 Å². The lowest BCUT2D eigenvalue weighted by molar-refractivity contribution is 0.0953. The van der Waals surface area contributed by atoms with Crippen LogP contribution in [0.3, 0.4) is 0 Å². The van der Waals surface area contributed by atoms with Gasteiger partial charge in [-0.05, 0) is 38.1 Å². The fraction of sp³-hybridized carbons (Fsp3) is 0.389. The molecule has 0 saturated heterocycles. The molecule has 0 aliphatic carbocycles. The van der Waals surface area contributed by atoms with E-state index in [2.05, 4.69) is 10.6 Å². The van der Waals surface area contributed by atoms with Crippen molar-refractivity contribution < 1.29 is 9.53 Å². The lowest BCUT2D eigenvalue weighted by Gasteiger charge is -2.10. The quantitative estimate of drug-likeness (QED) is 0.720. The molecule has 2 rings (SSSR count). The van der Waals surface area contributed by atoms with Crippen LogP contribution in [-0.4, -0.2) is 43.8 Å². The van der Waals surface area contributed by atoms with E-state index < -0.39 is 0 Å². The second-order valence-electron chi connectivity index (χ2n) is 5.60. The molecule has 0 unspecified atom stereocenters. The van der Waals surface area contributed by atoms with Gasteiger partial charge in [0.2, 0.25) is 0 Å². The third-order valence-electron chi connectivity index (χ3n) is 3.81. The van der Waals surface area contributed by atoms with Crippen molar-refractivity contribution in [3.63, 3.8) is 0 Å². The molecule has 0 aliphatic heterocycles. The Hall–Kier alpha value is -1.82. The second kappa shape index (κ2) is 8.87. The van der Waals surface area contributed by atoms with E-state index in [1.807, 2.05) is 48.7 Å². The number of aryl methyl sites for hydroxylation is 1. The molecular formula is C18H24ClN3O2. The summed E-state index contributed by atoms with van der Waals surface area (Å²) in [6, 6.07) is 9.52. The highest BCUT2D eigenvalue weighted by atomic mass is 35.5. The number of halogens is 1. The number of benzene rings is 1. The van der Waals surface area contributed by atoms with Crippen molar-refractivity contribution in [2.24, 2.45) is 0 Å². The minimum Gasteiger partial charge on any atom is -0.383 e. The van der Waals surface area contributed by atoms with Crippen LogP contribution in [0.5, 0.6) is 0 Å². The molecule has 0 spiro atoms. The molecule has 6 heteroatoms. The van der Waals surface area contributed by atoms with E-state index in [9.17, 15) is 4.79 Å². The number of carbonyl (C=O) groups excluding carboxylic acids is 1. The first-order valence-electron chi connectivity index (χ1n) is 7.97. The van der Waals surface area contributed by atoms with Crippen molar-refractivity contribution in [3.8, 4) is 5.69 Å². The van der Waals surface area contributed by atoms with Gasteiger partial charge in [0.1, 0.15) is 0 Å². The minimum atomic E-state index is -0.0649. The number of methoxy groups -OCH3 is 1. The summed E-state index contributed by atoms with van der Waals surface area (Å²) in [7, 11) is 1.67. The van der Waals surface area contributed by atoms with Gasteiger partial charge in [-0.15, -0.1) is 0 Å². The van der Waals surface area contributed by atoms with E-state index in [1.165, 1.54) is 0 Å². The molecule has 1 aromatic carbocycles. The maximum atomic E-state index is 12.4. The number of hydrogen-bond acceptors (Lipinski definition) is 3. The Morgan fingerprint density at radius 1 is 1.21 bits per heavy atom. The van der Waals surface area contributed by atoms with Crippen molar-refractivity contribution >= 4 is 17.5 Å². The van der Waals surface area contributed by atoms with Crippen LogP contribution < -0.4 is 10.6 Å². The maximum absolute atomic E-state index is 12.4. The van der Waals surface area contributed by atoms with Crippen molar-refractivity contribution in [2.45, 2.75) is 13.8 Å². The van der Waals surface area contributed by atoms with E-state index in [0.717, 1.165) is 23.6 Å². The molecule has 0 saturated carbocycles. The minimum absolute atomic E-state index is 0.0649. The highest BCUT2D eigenvalue weighted by Gasteiger charge is 2.16. The zero-order chi connectivity index (χ0) is 17.5. The average Bonchev–Trinajstić information content (AvgIpc) is 2.85. The van der Waals surface area contributed by atoms with Gasteiger partial charge in [-0.3, -0.25) is 4.79 Å². The fourth-order valence-electron chi connectivity index (χ4n) is 2.66. The average molecular weight is 350 g/mol. The smallest absolute Gasteiger partial charge is 0.253 e. The Balaban J connectivity index is 2.04. The summed E-state index contributed by atoms with van der Waals surface area (Å²) in [6.07, 6.45) is 0. The summed E-state index contributed by atoms with van der Waals surface area (Å²) in [5.74, 6) is -0.0649. The Bertz CT molecular complexity index is 698. The predicted molar refractivity (Wildman–Crippen MR) is 97.3 cm³/mol. The third-order valence-corrected chi connectivity index (χ3v) is 4.05. The molecule has 0 atom stereocenters. The van der Waals surface area contributed by atoms with Gasteiger partial charge < -0.3 is 19.9 Å². The normalized spacial score (nSPS) is 10.8. The van der Waals surface area contributed by atoms with Gasteiger partial charge in [0, 0.05) is 48.8 Å². The zero-order valence-corrected chi connectivity index (χ0v) is 15.1. The van der Waals surface area contributed by atoms with Gasteiger partial charge in [-0.25, -0.2) is 0 Å². The van der Waals surface area contributed by atoms with Crippen molar-refractivity contribution in [2.75, 3.05) is 33.4 Å². The van der Waals surface area contributed by atoms with Gasteiger partial charge >= 0.3 is 0 Å². The highest BCUT2D eigenvalue weighted by Crippen LogP contribution is 2.22. The molecule has 1 amide bonds. The molecule has 2 N–H and O–H groups in total. The predicted octanol–water partition coefficient (Wildman–Crippen LogP) is 2.71. The number of amides is 1. The maximum Gasteiger partial charge on any atom is 0.253 e. The standard InChI is InChI=1S/C18H24ClN3O2/c1-13-11-17(18(23)21-8-7-20-9-10-24-3)14(2)22(13)16-6-4-5-15(19)12-16/h4-6,11-12,20H,7-10H2,1-3H3,(H,21,23). The number of aromatic nitrogens is 1. The van der Waals surface area contributed by atoms with Crippen LogP contribution in [0.25, 0.3) is 5.69 Å². The lowest BCUT2D eigenvalue weighted by Crippen LogP contribution is -2.33. The second-order valence-corrected chi connectivity index (χ2v) is 6.04. The van der Waals surface area contributed by atoms with Crippen LogP contribution in [-0.2, 0) is 4.74 Å². The SMILES string of the molecule is COCCNCCNC(=O)c1cc(C)n(-c2cccc(Cl)c2)c1C. The van der Waals surface area contributed by atoms with Gasteiger partial charge in [0.15, 0.2) is 0 Å². The number of carbonyl (C=O) groups is 1. The van der Waals surface area contributed by atoms with Gasteiger partial charge in [0.25, 0.3) is 5.91 Å². The third kappa shape index (κ3) is 4.60. The molecule has 24 heavy (non-hydrogen) atoms. The fourth-order valence-corrected chi connectivity index (χ4v) is 2.85. The molecule has 2 aromatic rings. The Labute approximate surface area is 148 Å². The van der Waals surface area contributed by atoms with Crippen molar-refractivity contribution in [1.82, 2.24) is 15.2 Å². The number of nitrogens with one attached hydrogen (secondary N) is 2. The van der Waals surface area contributed by atoms with Crippen LogP contribution >= 0.6 is 11.6 Å². The van der Waals surface area contributed by atoms with E-state index in [4.69, 9.17) is 16.3 Å². The monoisotopic (exact) mass is 349 g/mol. The number of ether oxygens (including phenoxy) is 1. The summed E-state index contributed by atoms with van der Waals surface area (Å²) in [6.45, 7) is 6.65. The van der Waals surface area contributed by atoms with E-state index >= 15 is 0 Å². The molecule has 0 aliphatic rings. The summed E-state index contributed by atoms with van der Waals surface area (Å²) < 4.78 is 7.00. The van der Waals surface area contributed by atoms with Gasteiger partial charge in [0.05, 0.1) is 12.2 Å². The summed E-state index contributed by atoms with van der Waals surface area (Å²) >= 11 is 6.08. The summed E-state index contributed by atoms with van der Waals surface area (Å²) in [4.78, 5) is 12.4. The molecule has 0 bridgehead atoms. The molecule has 5 nitrogen and oxygen atoms in total. The molecule has 130 valence electrons. The van der Waals surface area contributed by atoms with E-state index in [0.29, 0.717) is 30.3 Å². The van der Waals surface area contributed by atoms with Crippen LogP contribution in [0.1, 0.15) is 21.7 Å². The molecular weight excluding hydrogens is 326 g/mol. The highest BCUT2D eigenvalue weighted by molar-refractivity contribution is 6.30. The van der Waals surface area contributed by atoms with Crippen molar-refractivity contribution in [3.05, 3.63) is 52.3 Å². The first-order valence-corrected chi connectivity index (χ1v) is 8.35. The van der Waals surface area contributed by atoms with Crippen LogP contribution in [0, 0.1) is 13.8 Å². The number of hydrogen-bond donors (Lipinski definition) is 2. The van der Waals surface area contributed by atoms with E-state index in [-0.39, 0.29) is 5.91 Å². The van der Waals surface area contributed by atoms with Gasteiger partial charge in [-0.1, -0.05) is 17.7 Å². The van der Waals surface area contributed by atoms with Gasteiger partial charge in [-0.2, -0.15) is 0 Å². The molecule has 0 radical (unpaired) electrons. The zero-order valence-electron chi connectivity index (χ0n) is 14.4. The number of rotatable bonds is 8. The molecule has 0 fully saturated rings. The number of nitrogens with zero attached hydrogens (tertiary/aromatic N) is 1.